The maximum Gasteiger partial charge on any atom is 0.269 e. The second-order valence-corrected chi connectivity index (χ2v) is 4.07. The predicted molar refractivity (Wildman–Crippen MR) is 61.5 cm³/mol. The van der Waals surface area contributed by atoms with E-state index in [0.717, 1.165) is 5.56 Å². The lowest BCUT2D eigenvalue weighted by molar-refractivity contribution is -0.384. The van der Waals surface area contributed by atoms with Crippen LogP contribution in [0.1, 0.15) is 12.5 Å². The van der Waals surface area contributed by atoms with Gasteiger partial charge in [0.05, 0.1) is 11.5 Å². The molecule has 0 unspecified atom stereocenters. The summed E-state index contributed by atoms with van der Waals surface area (Å²) >= 11 is 0. The van der Waals surface area contributed by atoms with Crippen molar-refractivity contribution in [2.45, 2.75) is 12.5 Å². The number of rotatable bonds is 4. The van der Waals surface area contributed by atoms with E-state index in [-0.39, 0.29) is 11.5 Å². The van der Waals surface area contributed by atoms with E-state index in [4.69, 9.17) is 4.74 Å². The van der Waals surface area contributed by atoms with Gasteiger partial charge in [-0.3, -0.25) is 14.9 Å². The van der Waals surface area contributed by atoms with Gasteiger partial charge in [0, 0.05) is 12.1 Å². The monoisotopic (exact) mass is 233 g/mol. The Morgan fingerprint density at radius 2 is 2.06 bits per heavy atom. The van der Waals surface area contributed by atoms with E-state index in [2.05, 4.69) is 0 Å². The van der Waals surface area contributed by atoms with Crippen LogP contribution in [0.4, 0.5) is 5.69 Å². The van der Waals surface area contributed by atoms with Crippen LogP contribution in [0.15, 0.2) is 30.3 Å². The Labute approximate surface area is 97.9 Å². The number of nitrogens with zero attached hydrogens (tertiary/aromatic N) is 1. The van der Waals surface area contributed by atoms with Gasteiger partial charge in [-0.1, -0.05) is 6.08 Å². The van der Waals surface area contributed by atoms with Gasteiger partial charge in [-0.25, -0.2) is 0 Å². The fourth-order valence-corrected chi connectivity index (χ4v) is 1.31. The molecule has 0 aliphatic carbocycles. The first-order chi connectivity index (χ1) is 8.01. The van der Waals surface area contributed by atoms with E-state index in [9.17, 15) is 14.9 Å². The van der Waals surface area contributed by atoms with Crippen LogP contribution in [0, 0.1) is 10.1 Å². The molecule has 1 aliphatic rings. The molecule has 1 aromatic rings. The van der Waals surface area contributed by atoms with Gasteiger partial charge >= 0.3 is 0 Å². The number of non-ortho nitro benzene ring substituents is 1. The molecule has 88 valence electrons. The quantitative estimate of drug-likeness (QED) is 0.345. The van der Waals surface area contributed by atoms with Crippen molar-refractivity contribution >= 4 is 17.5 Å². The Balaban J connectivity index is 2.06. The Morgan fingerprint density at radius 3 is 2.53 bits per heavy atom. The zero-order valence-electron chi connectivity index (χ0n) is 9.25. The molecule has 2 rings (SSSR count). The van der Waals surface area contributed by atoms with Crippen molar-refractivity contribution in [1.29, 1.82) is 0 Å². The molecule has 5 heteroatoms. The number of benzene rings is 1. The van der Waals surface area contributed by atoms with Crippen molar-refractivity contribution in [2.75, 3.05) is 6.61 Å². The molecule has 0 radical (unpaired) electrons. The van der Waals surface area contributed by atoms with Crippen molar-refractivity contribution < 1.29 is 14.5 Å². The molecular weight excluding hydrogens is 222 g/mol. The van der Waals surface area contributed by atoms with E-state index in [1.807, 2.05) is 0 Å². The van der Waals surface area contributed by atoms with Gasteiger partial charge in [0.15, 0.2) is 11.4 Å². The van der Waals surface area contributed by atoms with Gasteiger partial charge in [-0.15, -0.1) is 0 Å². The molecule has 0 bridgehead atoms. The number of carbonyl (C=O) groups excluding carboxylic acids is 1. The van der Waals surface area contributed by atoms with Crippen molar-refractivity contribution in [2.24, 2.45) is 0 Å². The third kappa shape index (κ3) is 2.57. The number of hydrogen-bond donors (Lipinski definition) is 0. The minimum absolute atomic E-state index is 0.0333. The first-order valence-electron chi connectivity index (χ1n) is 5.12. The smallest absolute Gasteiger partial charge is 0.269 e. The van der Waals surface area contributed by atoms with E-state index in [0.29, 0.717) is 6.61 Å². The standard InChI is InChI=1S/C12H11NO4/c1-12(8-17-12)11(14)7-4-9-2-5-10(6-3-9)13(15)16/h2-7H,8H2,1H3/b7-4+/t12-/m0/s1. The van der Waals surface area contributed by atoms with E-state index in [1.54, 1.807) is 25.1 Å². The van der Waals surface area contributed by atoms with Crippen LogP contribution in [-0.2, 0) is 9.53 Å². The number of carbonyl (C=O) groups is 1. The molecule has 1 atom stereocenters. The van der Waals surface area contributed by atoms with Crippen molar-refractivity contribution in [3.05, 3.63) is 46.0 Å². The molecule has 0 aromatic heterocycles. The van der Waals surface area contributed by atoms with Crippen LogP contribution in [0.25, 0.3) is 6.08 Å². The average Bonchev–Trinajstić information content (AvgIpc) is 3.06. The first-order valence-corrected chi connectivity index (χ1v) is 5.12. The summed E-state index contributed by atoms with van der Waals surface area (Å²) in [7, 11) is 0. The third-order valence-electron chi connectivity index (χ3n) is 2.63. The first kappa shape index (κ1) is 11.5. The lowest BCUT2D eigenvalue weighted by atomic mass is 10.1. The highest BCUT2D eigenvalue weighted by atomic mass is 16.6. The largest absolute Gasteiger partial charge is 0.361 e. The van der Waals surface area contributed by atoms with Crippen LogP contribution < -0.4 is 0 Å². The topological polar surface area (TPSA) is 72.7 Å². The molecule has 1 saturated heterocycles. The molecule has 1 aromatic carbocycles. The third-order valence-corrected chi connectivity index (χ3v) is 2.63. The lowest BCUT2D eigenvalue weighted by Crippen LogP contribution is -2.17. The zero-order chi connectivity index (χ0) is 12.5. The van der Waals surface area contributed by atoms with E-state index in [1.165, 1.54) is 18.2 Å². The molecule has 0 amide bonds. The Kier molecular flexibility index (Phi) is 2.77. The van der Waals surface area contributed by atoms with E-state index >= 15 is 0 Å². The van der Waals surface area contributed by atoms with Crippen LogP contribution in [0.5, 0.6) is 0 Å². The maximum atomic E-state index is 11.6. The highest BCUT2D eigenvalue weighted by Gasteiger charge is 2.45. The zero-order valence-corrected chi connectivity index (χ0v) is 9.25. The lowest BCUT2D eigenvalue weighted by Gasteiger charge is -1.97. The second kappa shape index (κ2) is 4.10. The molecule has 17 heavy (non-hydrogen) atoms. The van der Waals surface area contributed by atoms with Gasteiger partial charge in [0.2, 0.25) is 0 Å². The minimum atomic E-state index is -0.655. The normalized spacial score (nSPS) is 22.6. The SMILES string of the molecule is C[C@@]1(C(=O)/C=C/c2ccc([N+](=O)[O-])cc2)CO1. The summed E-state index contributed by atoms with van der Waals surface area (Å²) < 4.78 is 5.01. The van der Waals surface area contributed by atoms with Crippen molar-refractivity contribution in [3.63, 3.8) is 0 Å². The van der Waals surface area contributed by atoms with Gasteiger partial charge in [0.25, 0.3) is 5.69 Å². The van der Waals surface area contributed by atoms with Gasteiger partial charge in [0.1, 0.15) is 0 Å². The minimum Gasteiger partial charge on any atom is -0.361 e. The number of epoxide rings is 1. The fraction of sp³-hybridized carbons (Fsp3) is 0.250. The van der Waals surface area contributed by atoms with Gasteiger partial charge in [-0.2, -0.15) is 0 Å². The summed E-state index contributed by atoms with van der Waals surface area (Å²) in [6.07, 6.45) is 3.06. The van der Waals surface area contributed by atoms with Gasteiger partial charge < -0.3 is 4.74 Å². The summed E-state index contributed by atoms with van der Waals surface area (Å²) in [5.41, 5.74) is 0.122. The number of nitro benzene ring substituents is 1. The van der Waals surface area contributed by atoms with Crippen molar-refractivity contribution in [3.8, 4) is 0 Å². The highest BCUT2D eigenvalue weighted by Crippen LogP contribution is 2.27. The summed E-state index contributed by atoms with van der Waals surface area (Å²) in [5, 5.41) is 10.4. The molecule has 5 nitrogen and oxygen atoms in total. The summed E-state index contributed by atoms with van der Waals surface area (Å²) in [6.45, 7) is 2.19. The van der Waals surface area contributed by atoms with Crippen LogP contribution in [-0.4, -0.2) is 22.9 Å². The second-order valence-electron chi connectivity index (χ2n) is 4.07. The molecule has 0 saturated carbocycles. The Bertz CT molecular complexity index is 486. The molecule has 1 heterocycles. The van der Waals surface area contributed by atoms with Crippen LogP contribution in [0.2, 0.25) is 0 Å². The maximum absolute atomic E-state index is 11.6. The predicted octanol–water partition coefficient (Wildman–Crippen LogP) is 1.97. The molecule has 0 spiro atoms. The Hall–Kier alpha value is -2.01. The summed E-state index contributed by atoms with van der Waals surface area (Å²) in [4.78, 5) is 21.5. The molecular formula is C12H11NO4. The average molecular weight is 233 g/mol. The number of ketones is 1. The number of hydrogen-bond acceptors (Lipinski definition) is 4. The van der Waals surface area contributed by atoms with Gasteiger partial charge in [-0.05, 0) is 30.7 Å². The molecule has 1 aliphatic heterocycles. The summed E-state index contributed by atoms with van der Waals surface area (Å²) in [6, 6.07) is 6.00. The van der Waals surface area contributed by atoms with Crippen LogP contribution in [0.3, 0.4) is 0 Å². The fourth-order valence-electron chi connectivity index (χ4n) is 1.31. The van der Waals surface area contributed by atoms with Crippen molar-refractivity contribution in [1.82, 2.24) is 0 Å². The van der Waals surface area contributed by atoms with Crippen LogP contribution >= 0.6 is 0 Å². The molecule has 1 fully saturated rings. The Morgan fingerprint density at radius 1 is 1.47 bits per heavy atom. The summed E-state index contributed by atoms with van der Waals surface area (Å²) in [5.74, 6) is -0.0872. The number of ether oxygens (including phenoxy) is 1. The van der Waals surface area contributed by atoms with E-state index < -0.39 is 10.5 Å². The number of nitro groups is 1. The molecule has 0 N–H and O–H groups in total. The highest BCUT2D eigenvalue weighted by molar-refractivity contribution is 6.01.